The topological polar surface area (TPSA) is 87.7 Å². The van der Waals surface area contributed by atoms with E-state index in [9.17, 15) is 14.4 Å². The normalized spacial score (nSPS) is 13.1. The lowest BCUT2D eigenvalue weighted by Crippen LogP contribution is -2.53. The smallest absolute Gasteiger partial charge is 0.408 e. The molecule has 2 unspecified atom stereocenters. The highest BCUT2D eigenvalue weighted by Gasteiger charge is 2.37. The molecule has 216 valence electrons. The third-order valence-electron chi connectivity index (χ3n) is 6.35. The van der Waals surface area contributed by atoms with Gasteiger partial charge in [-0.1, -0.05) is 77.1 Å². The van der Waals surface area contributed by atoms with Gasteiger partial charge in [0.25, 0.3) is 0 Å². The number of hydrogen-bond donors (Lipinski definition) is 2. The van der Waals surface area contributed by atoms with Gasteiger partial charge in [-0.25, -0.2) is 4.79 Å². The van der Waals surface area contributed by atoms with Crippen molar-refractivity contribution in [2.75, 3.05) is 13.1 Å². The van der Waals surface area contributed by atoms with Crippen LogP contribution in [-0.4, -0.2) is 47.5 Å². The Labute approximate surface area is 231 Å². The first kappa shape index (κ1) is 33.5. The van der Waals surface area contributed by atoms with E-state index in [1.807, 2.05) is 45.9 Å². The van der Waals surface area contributed by atoms with Gasteiger partial charge in [-0.15, -0.1) is 0 Å². The predicted octanol–water partition coefficient (Wildman–Crippen LogP) is 6.61. The molecule has 0 aromatic heterocycles. The number of carbonyl (C=O) groups is 3. The Morgan fingerprint density at radius 2 is 1.61 bits per heavy atom. The lowest BCUT2D eigenvalue weighted by molar-refractivity contribution is -0.143. The minimum atomic E-state index is -0.799. The number of unbranched alkanes of at least 4 members (excludes halogenated alkanes) is 4. The Kier molecular flexibility index (Phi) is 14.4. The van der Waals surface area contributed by atoms with Gasteiger partial charge in [0.15, 0.2) is 0 Å². The highest BCUT2D eigenvalue weighted by molar-refractivity contribution is 5.92. The van der Waals surface area contributed by atoms with Crippen LogP contribution in [0.3, 0.4) is 0 Å². The fraction of sp³-hybridized carbons (Fsp3) is 0.710. The molecule has 38 heavy (non-hydrogen) atoms. The highest BCUT2D eigenvalue weighted by atomic mass is 16.6. The second-order valence-corrected chi connectivity index (χ2v) is 11.8. The molecule has 2 atom stereocenters. The number of alkyl carbamates (subject to hydrolysis) is 1. The Morgan fingerprint density at radius 1 is 0.974 bits per heavy atom. The van der Waals surface area contributed by atoms with Crippen molar-refractivity contribution in [3.05, 3.63) is 34.9 Å². The summed E-state index contributed by atoms with van der Waals surface area (Å²) in [4.78, 5) is 42.4. The van der Waals surface area contributed by atoms with E-state index in [2.05, 4.69) is 24.5 Å². The van der Waals surface area contributed by atoms with Crippen LogP contribution in [0.25, 0.3) is 0 Å². The third kappa shape index (κ3) is 11.9. The van der Waals surface area contributed by atoms with Crippen LogP contribution in [0.2, 0.25) is 0 Å². The first-order valence-electron chi connectivity index (χ1n) is 14.5. The summed E-state index contributed by atoms with van der Waals surface area (Å²) in [7, 11) is 0. The number of carbonyl (C=O) groups excluding carboxylic acids is 3. The van der Waals surface area contributed by atoms with Crippen LogP contribution in [-0.2, 0) is 14.3 Å². The molecule has 0 fully saturated rings. The molecule has 7 heteroatoms. The number of amides is 3. The molecule has 0 bridgehead atoms. The van der Waals surface area contributed by atoms with Crippen molar-refractivity contribution in [3.63, 3.8) is 0 Å². The van der Waals surface area contributed by atoms with E-state index in [1.54, 1.807) is 25.7 Å². The van der Waals surface area contributed by atoms with E-state index >= 15 is 0 Å². The van der Waals surface area contributed by atoms with Crippen LogP contribution in [0.4, 0.5) is 4.79 Å². The van der Waals surface area contributed by atoms with Crippen molar-refractivity contribution >= 4 is 17.9 Å². The first-order chi connectivity index (χ1) is 17.8. The predicted molar refractivity (Wildman–Crippen MR) is 155 cm³/mol. The monoisotopic (exact) mass is 531 g/mol. The van der Waals surface area contributed by atoms with Gasteiger partial charge in [0.1, 0.15) is 17.7 Å². The van der Waals surface area contributed by atoms with Crippen molar-refractivity contribution < 1.29 is 19.1 Å². The number of nitrogens with zero attached hydrogens (tertiary/aromatic N) is 1. The lowest BCUT2D eigenvalue weighted by Gasteiger charge is -2.35. The molecule has 1 aromatic rings. The number of aryl methyl sites for hydroxylation is 2. The quantitative estimate of drug-likeness (QED) is 0.249. The lowest BCUT2D eigenvalue weighted by atomic mass is 9.94. The molecule has 0 aliphatic rings. The highest BCUT2D eigenvalue weighted by Crippen LogP contribution is 2.28. The number of rotatable bonds is 15. The molecule has 3 amide bonds. The fourth-order valence-electron chi connectivity index (χ4n) is 4.43. The van der Waals surface area contributed by atoms with E-state index in [4.69, 9.17) is 4.74 Å². The van der Waals surface area contributed by atoms with Gasteiger partial charge in [-0.3, -0.25) is 9.59 Å². The Balaban J connectivity index is 3.51. The second kappa shape index (κ2) is 16.4. The summed E-state index contributed by atoms with van der Waals surface area (Å²) in [5, 5.41) is 5.92. The van der Waals surface area contributed by atoms with Crippen molar-refractivity contribution in [3.8, 4) is 0 Å². The maximum Gasteiger partial charge on any atom is 0.408 e. The molecule has 0 radical (unpaired) electrons. The molecule has 0 aliphatic carbocycles. The average molecular weight is 532 g/mol. The van der Waals surface area contributed by atoms with Gasteiger partial charge >= 0.3 is 6.09 Å². The van der Waals surface area contributed by atoms with Crippen molar-refractivity contribution in [1.82, 2.24) is 15.5 Å². The maximum atomic E-state index is 14.2. The summed E-state index contributed by atoms with van der Waals surface area (Å²) < 4.78 is 5.48. The van der Waals surface area contributed by atoms with Crippen LogP contribution in [0.15, 0.2) is 18.2 Å². The van der Waals surface area contributed by atoms with Crippen molar-refractivity contribution in [2.45, 2.75) is 125 Å². The molecular weight excluding hydrogens is 478 g/mol. The van der Waals surface area contributed by atoms with Crippen LogP contribution < -0.4 is 10.6 Å². The zero-order valence-corrected chi connectivity index (χ0v) is 25.4. The van der Waals surface area contributed by atoms with Gasteiger partial charge in [0, 0.05) is 13.1 Å². The molecule has 0 heterocycles. The molecule has 7 nitrogen and oxygen atoms in total. The number of ether oxygens (including phenoxy) is 1. The SMILES string of the molecule is CCCCCNC(=O)C(c1cc(C)ccc1C)N(CCCCC)C(=O)C(CC(C)C)NC(=O)OC(C)(C)C. The van der Waals surface area contributed by atoms with Crippen LogP contribution in [0, 0.1) is 19.8 Å². The van der Waals surface area contributed by atoms with Crippen LogP contribution in [0.1, 0.15) is 116 Å². The van der Waals surface area contributed by atoms with Gasteiger partial charge < -0.3 is 20.3 Å². The van der Waals surface area contributed by atoms with Crippen LogP contribution >= 0.6 is 0 Å². The van der Waals surface area contributed by atoms with E-state index in [1.165, 1.54) is 0 Å². The third-order valence-corrected chi connectivity index (χ3v) is 6.35. The van der Waals surface area contributed by atoms with Crippen molar-refractivity contribution in [1.29, 1.82) is 0 Å². The number of hydrogen-bond acceptors (Lipinski definition) is 4. The number of benzene rings is 1. The zero-order valence-electron chi connectivity index (χ0n) is 25.4. The zero-order chi connectivity index (χ0) is 28.9. The minimum Gasteiger partial charge on any atom is -0.444 e. The molecule has 0 aliphatic heterocycles. The molecule has 1 aromatic carbocycles. The molecule has 1 rings (SSSR count). The molecule has 0 saturated heterocycles. The van der Waals surface area contributed by atoms with E-state index in [-0.39, 0.29) is 17.7 Å². The summed E-state index contributed by atoms with van der Waals surface area (Å²) >= 11 is 0. The summed E-state index contributed by atoms with van der Waals surface area (Å²) in [6, 6.07) is 4.44. The van der Waals surface area contributed by atoms with Crippen LogP contribution in [0.5, 0.6) is 0 Å². The Morgan fingerprint density at radius 3 is 2.18 bits per heavy atom. The maximum absolute atomic E-state index is 14.2. The average Bonchev–Trinajstić information content (AvgIpc) is 2.81. The summed E-state index contributed by atoms with van der Waals surface area (Å²) in [5.74, 6) is -0.283. The molecule has 2 N–H and O–H groups in total. The van der Waals surface area contributed by atoms with Gasteiger partial charge in [-0.05, 0) is 70.9 Å². The minimum absolute atomic E-state index is 0.151. The second-order valence-electron chi connectivity index (χ2n) is 11.8. The van der Waals surface area contributed by atoms with Gasteiger partial charge in [0.05, 0.1) is 0 Å². The van der Waals surface area contributed by atoms with E-state index in [0.29, 0.717) is 19.5 Å². The summed E-state index contributed by atoms with van der Waals surface area (Å²) in [6.07, 6.45) is 5.50. The Hall–Kier alpha value is -2.57. The molecular formula is C31H53N3O4. The van der Waals surface area contributed by atoms with Gasteiger partial charge in [-0.2, -0.15) is 0 Å². The fourth-order valence-corrected chi connectivity index (χ4v) is 4.43. The first-order valence-corrected chi connectivity index (χ1v) is 14.5. The van der Waals surface area contributed by atoms with Gasteiger partial charge in [0.2, 0.25) is 11.8 Å². The van der Waals surface area contributed by atoms with E-state index < -0.39 is 23.8 Å². The summed E-state index contributed by atoms with van der Waals surface area (Å²) in [6.45, 7) is 18.6. The molecule has 0 spiro atoms. The standard InChI is InChI=1S/C31H53N3O4/c1-10-12-14-18-32-28(35)27(25-21-23(5)16-17-24(25)6)34(19-15-13-11-2)29(36)26(20-22(3)4)33-30(37)38-31(7,8)9/h16-17,21-22,26-27H,10-15,18-20H2,1-9H3,(H,32,35)(H,33,37). The molecule has 0 saturated carbocycles. The van der Waals surface area contributed by atoms with Crippen molar-refractivity contribution in [2.24, 2.45) is 5.92 Å². The number of nitrogens with one attached hydrogen (secondary N) is 2. The van der Waals surface area contributed by atoms with E-state index in [0.717, 1.165) is 55.2 Å². The largest absolute Gasteiger partial charge is 0.444 e. The summed E-state index contributed by atoms with van der Waals surface area (Å²) in [5.41, 5.74) is 2.12. The Bertz CT molecular complexity index is 892.